The molecule has 0 radical (unpaired) electrons. The number of anilines is 1. The third kappa shape index (κ3) is 2.35. The predicted molar refractivity (Wildman–Crippen MR) is 50.9 cm³/mol. The van der Waals surface area contributed by atoms with Crippen molar-refractivity contribution in [3.05, 3.63) is 18.0 Å². The van der Waals surface area contributed by atoms with Crippen LogP contribution in [0.15, 0.2) is 12.3 Å². The Hall–Kier alpha value is -1.78. The van der Waals surface area contributed by atoms with E-state index in [4.69, 9.17) is 10.5 Å². The van der Waals surface area contributed by atoms with E-state index in [2.05, 4.69) is 4.98 Å². The molecule has 0 amide bonds. The summed E-state index contributed by atoms with van der Waals surface area (Å²) in [6, 6.07) is 1.25. The Kier molecular flexibility index (Phi) is 2.91. The van der Waals surface area contributed by atoms with Gasteiger partial charge in [0.1, 0.15) is 0 Å². The van der Waals surface area contributed by atoms with Crippen LogP contribution in [0.25, 0.3) is 0 Å². The number of carbonyl (C=O) groups is 1. The first-order chi connectivity index (χ1) is 6.50. The van der Waals surface area contributed by atoms with Gasteiger partial charge in [-0.1, -0.05) is 0 Å². The number of aromatic nitrogens is 1. The first-order valence-electron chi connectivity index (χ1n) is 4.16. The largest absolute Gasteiger partial charge is 0.505 e. The molecule has 0 aliphatic heterocycles. The van der Waals surface area contributed by atoms with Crippen LogP contribution in [-0.4, -0.2) is 22.2 Å². The van der Waals surface area contributed by atoms with Crippen molar-refractivity contribution >= 4 is 11.7 Å². The quantitative estimate of drug-likeness (QED) is 0.687. The van der Waals surface area contributed by atoms with Crippen molar-refractivity contribution in [3.63, 3.8) is 0 Å². The number of nitrogen functional groups attached to an aromatic ring is 1. The maximum absolute atomic E-state index is 11.3. The molecule has 1 aromatic rings. The third-order valence-corrected chi connectivity index (χ3v) is 1.42. The topological polar surface area (TPSA) is 85.4 Å². The summed E-state index contributed by atoms with van der Waals surface area (Å²) in [5, 5.41) is 9.33. The Balaban J connectivity index is 2.90. The van der Waals surface area contributed by atoms with Gasteiger partial charge in [-0.25, -0.2) is 9.78 Å². The van der Waals surface area contributed by atoms with Crippen LogP contribution in [0.4, 0.5) is 5.69 Å². The number of rotatable bonds is 2. The molecule has 0 unspecified atom stereocenters. The highest BCUT2D eigenvalue weighted by atomic mass is 16.5. The van der Waals surface area contributed by atoms with E-state index in [0.717, 1.165) is 0 Å². The summed E-state index contributed by atoms with van der Waals surface area (Å²) in [4.78, 5) is 15.0. The van der Waals surface area contributed by atoms with E-state index in [0.29, 0.717) is 5.69 Å². The molecule has 0 spiro atoms. The lowest BCUT2D eigenvalue weighted by Gasteiger charge is -2.08. The second-order valence-electron chi connectivity index (χ2n) is 3.09. The monoisotopic (exact) mass is 196 g/mol. The highest BCUT2D eigenvalue weighted by molar-refractivity contribution is 5.90. The zero-order valence-electron chi connectivity index (χ0n) is 8.02. The molecular formula is C9H12N2O3. The van der Waals surface area contributed by atoms with Crippen molar-refractivity contribution in [3.8, 4) is 5.75 Å². The molecule has 14 heavy (non-hydrogen) atoms. The van der Waals surface area contributed by atoms with Crippen molar-refractivity contribution in [2.75, 3.05) is 5.73 Å². The summed E-state index contributed by atoms with van der Waals surface area (Å²) in [6.07, 6.45) is 1.04. The van der Waals surface area contributed by atoms with Crippen LogP contribution in [0, 0.1) is 0 Å². The fourth-order valence-electron chi connectivity index (χ4n) is 0.896. The second-order valence-corrected chi connectivity index (χ2v) is 3.09. The van der Waals surface area contributed by atoms with E-state index in [1.165, 1.54) is 12.3 Å². The Morgan fingerprint density at radius 2 is 2.29 bits per heavy atom. The van der Waals surface area contributed by atoms with Gasteiger partial charge in [-0.3, -0.25) is 0 Å². The normalized spacial score (nSPS) is 10.2. The van der Waals surface area contributed by atoms with Gasteiger partial charge in [0.05, 0.1) is 18.0 Å². The third-order valence-electron chi connectivity index (χ3n) is 1.42. The zero-order chi connectivity index (χ0) is 10.7. The maximum atomic E-state index is 11.3. The first-order valence-corrected chi connectivity index (χ1v) is 4.16. The Labute approximate surface area is 81.5 Å². The molecule has 0 saturated carbocycles. The number of hydrogen-bond acceptors (Lipinski definition) is 5. The van der Waals surface area contributed by atoms with Crippen molar-refractivity contribution in [2.45, 2.75) is 20.0 Å². The number of carbonyl (C=O) groups excluding carboxylic acids is 1. The first kappa shape index (κ1) is 10.3. The lowest BCUT2D eigenvalue weighted by Crippen LogP contribution is -2.13. The van der Waals surface area contributed by atoms with Crippen LogP contribution in [-0.2, 0) is 4.74 Å². The van der Waals surface area contributed by atoms with Crippen LogP contribution in [0.5, 0.6) is 5.75 Å². The van der Waals surface area contributed by atoms with Crippen LogP contribution >= 0.6 is 0 Å². The number of esters is 1. The molecule has 5 nitrogen and oxygen atoms in total. The molecule has 1 heterocycles. The van der Waals surface area contributed by atoms with E-state index in [-0.39, 0.29) is 17.5 Å². The highest BCUT2D eigenvalue weighted by Gasteiger charge is 2.15. The van der Waals surface area contributed by atoms with Gasteiger partial charge in [0.2, 0.25) is 0 Å². The second kappa shape index (κ2) is 3.95. The molecule has 0 aliphatic rings. The maximum Gasteiger partial charge on any atom is 0.361 e. The van der Waals surface area contributed by atoms with Crippen LogP contribution < -0.4 is 5.73 Å². The minimum Gasteiger partial charge on any atom is -0.505 e. The van der Waals surface area contributed by atoms with E-state index in [1.54, 1.807) is 13.8 Å². The summed E-state index contributed by atoms with van der Waals surface area (Å²) < 4.78 is 4.85. The molecular weight excluding hydrogens is 184 g/mol. The minimum atomic E-state index is -0.655. The average molecular weight is 196 g/mol. The predicted octanol–water partition coefficient (Wildman–Crippen LogP) is 0.935. The summed E-state index contributed by atoms with van der Waals surface area (Å²) in [6.45, 7) is 3.43. The number of nitrogens with zero attached hydrogens (tertiary/aromatic N) is 1. The molecule has 76 valence electrons. The number of hydrogen-bond donors (Lipinski definition) is 2. The number of ether oxygens (including phenoxy) is 1. The number of nitrogens with two attached hydrogens (primary N) is 1. The molecule has 0 aromatic carbocycles. The van der Waals surface area contributed by atoms with Crippen LogP contribution in [0.1, 0.15) is 24.3 Å². The molecule has 1 aromatic heterocycles. The van der Waals surface area contributed by atoms with Gasteiger partial charge in [0.25, 0.3) is 0 Å². The van der Waals surface area contributed by atoms with Crippen LogP contribution in [0.2, 0.25) is 0 Å². The molecule has 0 aliphatic carbocycles. The fraction of sp³-hybridized carbons (Fsp3) is 0.333. The van der Waals surface area contributed by atoms with Gasteiger partial charge >= 0.3 is 5.97 Å². The van der Waals surface area contributed by atoms with Gasteiger partial charge in [0, 0.05) is 6.07 Å². The Bertz CT molecular complexity index is 350. The molecule has 0 saturated heterocycles. The van der Waals surface area contributed by atoms with Gasteiger partial charge in [-0.2, -0.15) is 0 Å². The zero-order valence-corrected chi connectivity index (χ0v) is 8.02. The molecule has 3 N–H and O–H groups in total. The van der Waals surface area contributed by atoms with Crippen molar-refractivity contribution in [1.29, 1.82) is 0 Å². The van der Waals surface area contributed by atoms with Crippen molar-refractivity contribution in [2.24, 2.45) is 0 Å². The average Bonchev–Trinajstić information content (AvgIpc) is 2.01. The van der Waals surface area contributed by atoms with E-state index in [9.17, 15) is 9.90 Å². The van der Waals surface area contributed by atoms with E-state index in [1.807, 2.05) is 0 Å². The number of pyridine rings is 1. The SMILES string of the molecule is CC(C)OC(=O)c1ncc(N)cc1O. The van der Waals surface area contributed by atoms with Gasteiger partial charge < -0.3 is 15.6 Å². The fourth-order valence-corrected chi connectivity index (χ4v) is 0.896. The lowest BCUT2D eigenvalue weighted by atomic mass is 10.3. The van der Waals surface area contributed by atoms with Crippen molar-refractivity contribution < 1.29 is 14.6 Å². The number of aromatic hydroxyl groups is 1. The highest BCUT2D eigenvalue weighted by Crippen LogP contribution is 2.18. The molecule has 0 atom stereocenters. The lowest BCUT2D eigenvalue weighted by molar-refractivity contribution is 0.0367. The Morgan fingerprint density at radius 1 is 1.64 bits per heavy atom. The van der Waals surface area contributed by atoms with Gasteiger partial charge in [-0.05, 0) is 13.8 Å². The minimum absolute atomic E-state index is 0.118. The van der Waals surface area contributed by atoms with Crippen LogP contribution in [0.3, 0.4) is 0 Å². The molecule has 1 rings (SSSR count). The standard InChI is InChI=1S/C9H12N2O3/c1-5(2)14-9(13)8-7(12)3-6(10)4-11-8/h3-5,12H,10H2,1-2H3. The van der Waals surface area contributed by atoms with E-state index < -0.39 is 5.97 Å². The van der Waals surface area contributed by atoms with Gasteiger partial charge in [-0.15, -0.1) is 0 Å². The summed E-state index contributed by atoms with van der Waals surface area (Å²) >= 11 is 0. The Morgan fingerprint density at radius 3 is 2.79 bits per heavy atom. The molecule has 5 heteroatoms. The molecule has 0 fully saturated rings. The van der Waals surface area contributed by atoms with E-state index >= 15 is 0 Å². The summed E-state index contributed by atoms with van der Waals surface area (Å²) in [7, 11) is 0. The van der Waals surface area contributed by atoms with Crippen molar-refractivity contribution in [1.82, 2.24) is 4.98 Å². The molecule has 0 bridgehead atoms. The smallest absolute Gasteiger partial charge is 0.361 e. The summed E-state index contributed by atoms with van der Waals surface area (Å²) in [5.41, 5.74) is 5.53. The van der Waals surface area contributed by atoms with Gasteiger partial charge in [0.15, 0.2) is 11.4 Å². The summed E-state index contributed by atoms with van der Waals surface area (Å²) in [5.74, 6) is -0.923.